The molecule has 1 fully saturated rings. The molecular weight excluding hydrogens is 278 g/mol. The first-order valence-electron chi connectivity index (χ1n) is 8.04. The Morgan fingerprint density at radius 2 is 2.00 bits per heavy atom. The molecule has 0 aliphatic carbocycles. The van der Waals surface area contributed by atoms with Gasteiger partial charge >= 0.3 is 0 Å². The second kappa shape index (κ2) is 8.27. The first-order chi connectivity index (χ1) is 10.5. The van der Waals surface area contributed by atoms with E-state index in [4.69, 9.17) is 5.73 Å². The molecule has 5 heteroatoms. The molecule has 0 saturated carbocycles. The first-order valence-corrected chi connectivity index (χ1v) is 8.04. The summed E-state index contributed by atoms with van der Waals surface area (Å²) in [7, 11) is 0. The molecular formula is C17H27N3O2. The van der Waals surface area contributed by atoms with Crippen molar-refractivity contribution in [2.24, 2.45) is 11.7 Å². The molecule has 0 bridgehead atoms. The van der Waals surface area contributed by atoms with E-state index in [-0.39, 0.29) is 12.0 Å². The Hall–Kier alpha value is -1.43. The lowest BCUT2D eigenvalue weighted by atomic mass is 9.96. The van der Waals surface area contributed by atoms with Crippen molar-refractivity contribution in [1.29, 1.82) is 0 Å². The van der Waals surface area contributed by atoms with Gasteiger partial charge in [-0.15, -0.1) is 0 Å². The Balaban J connectivity index is 1.66. The Labute approximate surface area is 132 Å². The summed E-state index contributed by atoms with van der Waals surface area (Å²) in [6, 6.07) is 7.43. The van der Waals surface area contributed by atoms with Crippen LogP contribution in [0.5, 0.6) is 0 Å². The zero-order valence-electron chi connectivity index (χ0n) is 13.3. The molecule has 1 amide bonds. The molecule has 1 atom stereocenters. The van der Waals surface area contributed by atoms with Gasteiger partial charge in [-0.05, 0) is 63.0 Å². The number of amides is 1. The van der Waals surface area contributed by atoms with Crippen LogP contribution in [0.2, 0.25) is 0 Å². The molecule has 1 aromatic rings. The summed E-state index contributed by atoms with van der Waals surface area (Å²) in [5, 5.41) is 12.9. The minimum Gasteiger partial charge on any atom is -0.392 e. The predicted octanol–water partition coefficient (Wildman–Crippen LogP) is 0.968. The van der Waals surface area contributed by atoms with Crippen molar-refractivity contribution in [2.75, 3.05) is 26.2 Å². The van der Waals surface area contributed by atoms with Crippen LogP contribution in [-0.2, 0) is 6.54 Å². The second-order valence-electron chi connectivity index (χ2n) is 6.29. The minimum absolute atomic E-state index is 0.238. The van der Waals surface area contributed by atoms with Gasteiger partial charge in [0.05, 0.1) is 6.10 Å². The van der Waals surface area contributed by atoms with Gasteiger partial charge in [-0.1, -0.05) is 12.1 Å². The summed E-state index contributed by atoms with van der Waals surface area (Å²) >= 11 is 0. The van der Waals surface area contributed by atoms with Crippen LogP contribution in [0.3, 0.4) is 0 Å². The van der Waals surface area contributed by atoms with Gasteiger partial charge in [-0.2, -0.15) is 0 Å². The maximum absolute atomic E-state index is 11.0. The quantitative estimate of drug-likeness (QED) is 0.701. The van der Waals surface area contributed by atoms with Gasteiger partial charge < -0.3 is 21.1 Å². The minimum atomic E-state index is -0.386. The third kappa shape index (κ3) is 5.40. The fourth-order valence-corrected chi connectivity index (χ4v) is 2.95. The lowest BCUT2D eigenvalue weighted by Crippen LogP contribution is -2.40. The molecule has 0 unspecified atom stereocenters. The number of nitrogens with one attached hydrogen (secondary N) is 1. The van der Waals surface area contributed by atoms with Crippen molar-refractivity contribution >= 4 is 5.91 Å². The van der Waals surface area contributed by atoms with Gasteiger partial charge in [-0.25, -0.2) is 0 Å². The van der Waals surface area contributed by atoms with Crippen molar-refractivity contribution in [2.45, 2.75) is 32.4 Å². The van der Waals surface area contributed by atoms with Crippen molar-refractivity contribution in [3.8, 4) is 0 Å². The normalized spacial score (nSPS) is 18.3. The maximum atomic E-state index is 11.0. The highest BCUT2D eigenvalue weighted by atomic mass is 16.3. The number of hydrogen-bond acceptors (Lipinski definition) is 4. The molecule has 1 aliphatic rings. The number of nitrogens with two attached hydrogens (primary N) is 1. The van der Waals surface area contributed by atoms with E-state index in [0.717, 1.165) is 38.3 Å². The molecule has 2 rings (SSSR count). The zero-order valence-corrected chi connectivity index (χ0v) is 13.3. The average molecular weight is 305 g/mol. The standard InChI is InChI=1S/C17H27N3O2/c1-13(21)12-20-8-6-15(7-9-20)11-19-10-14-2-4-16(5-3-14)17(18)22/h2-5,13,15,19,21H,6-12H2,1H3,(H2,18,22)/t13-/m1/s1. The Morgan fingerprint density at radius 3 is 2.55 bits per heavy atom. The SMILES string of the molecule is C[C@@H](O)CN1CCC(CNCc2ccc(C(N)=O)cc2)CC1. The molecule has 1 aliphatic heterocycles. The third-order valence-corrected chi connectivity index (χ3v) is 4.23. The molecule has 1 aromatic carbocycles. The van der Waals surface area contributed by atoms with Gasteiger partial charge in [0.15, 0.2) is 0 Å². The van der Waals surface area contributed by atoms with Crippen LogP contribution in [0.15, 0.2) is 24.3 Å². The van der Waals surface area contributed by atoms with Crippen molar-refractivity contribution < 1.29 is 9.90 Å². The average Bonchev–Trinajstić information content (AvgIpc) is 2.49. The number of carbonyl (C=O) groups excluding carboxylic acids is 1. The van der Waals surface area contributed by atoms with E-state index >= 15 is 0 Å². The lowest BCUT2D eigenvalue weighted by molar-refractivity contribution is 0.0994. The summed E-state index contributed by atoms with van der Waals surface area (Å²) in [5.74, 6) is 0.318. The number of aliphatic hydroxyl groups is 1. The topological polar surface area (TPSA) is 78.6 Å². The molecule has 4 N–H and O–H groups in total. The molecule has 22 heavy (non-hydrogen) atoms. The molecule has 0 spiro atoms. The van der Waals surface area contributed by atoms with E-state index < -0.39 is 0 Å². The van der Waals surface area contributed by atoms with Gasteiger partial charge in [0.2, 0.25) is 5.91 Å². The Kier molecular flexibility index (Phi) is 6.36. The lowest BCUT2D eigenvalue weighted by Gasteiger charge is -2.32. The Morgan fingerprint density at radius 1 is 1.36 bits per heavy atom. The van der Waals surface area contributed by atoms with Crippen LogP contribution in [0, 0.1) is 5.92 Å². The van der Waals surface area contributed by atoms with E-state index in [1.165, 1.54) is 12.8 Å². The van der Waals surface area contributed by atoms with Crippen LogP contribution in [0.1, 0.15) is 35.7 Å². The van der Waals surface area contributed by atoms with Crippen LogP contribution in [-0.4, -0.2) is 48.2 Å². The van der Waals surface area contributed by atoms with E-state index in [0.29, 0.717) is 11.5 Å². The van der Waals surface area contributed by atoms with Crippen LogP contribution < -0.4 is 11.1 Å². The monoisotopic (exact) mass is 305 g/mol. The maximum Gasteiger partial charge on any atom is 0.248 e. The van der Waals surface area contributed by atoms with Crippen molar-refractivity contribution in [3.05, 3.63) is 35.4 Å². The number of nitrogens with zero attached hydrogens (tertiary/aromatic N) is 1. The predicted molar refractivity (Wildman–Crippen MR) is 87.5 cm³/mol. The molecule has 122 valence electrons. The van der Waals surface area contributed by atoms with Crippen LogP contribution in [0.25, 0.3) is 0 Å². The fourth-order valence-electron chi connectivity index (χ4n) is 2.95. The third-order valence-electron chi connectivity index (χ3n) is 4.23. The molecule has 1 heterocycles. The number of β-amino-alcohol motifs (C(OH)–C–C–N with tert-alkyl or cyclic N) is 1. The van der Waals surface area contributed by atoms with Crippen molar-refractivity contribution in [1.82, 2.24) is 10.2 Å². The molecule has 0 radical (unpaired) electrons. The van der Waals surface area contributed by atoms with E-state index in [1.54, 1.807) is 12.1 Å². The van der Waals surface area contributed by atoms with Crippen molar-refractivity contribution in [3.63, 3.8) is 0 Å². The van der Waals surface area contributed by atoms with Gasteiger partial charge in [-0.3, -0.25) is 4.79 Å². The number of rotatable bonds is 7. The first kappa shape index (κ1) is 16.9. The molecule has 5 nitrogen and oxygen atoms in total. The van der Waals surface area contributed by atoms with Gasteiger partial charge in [0.1, 0.15) is 0 Å². The van der Waals surface area contributed by atoms with Crippen LogP contribution in [0.4, 0.5) is 0 Å². The number of carbonyl (C=O) groups is 1. The number of hydrogen-bond donors (Lipinski definition) is 3. The van der Waals surface area contributed by atoms with Gasteiger partial charge in [0.25, 0.3) is 0 Å². The highest BCUT2D eigenvalue weighted by Gasteiger charge is 2.19. The Bertz CT molecular complexity index is 465. The molecule has 1 saturated heterocycles. The highest BCUT2D eigenvalue weighted by molar-refractivity contribution is 5.92. The smallest absolute Gasteiger partial charge is 0.248 e. The summed E-state index contributed by atoms with van der Waals surface area (Å²) in [4.78, 5) is 13.4. The van der Waals surface area contributed by atoms with Gasteiger partial charge in [0, 0.05) is 18.7 Å². The summed E-state index contributed by atoms with van der Waals surface area (Å²) in [6.07, 6.45) is 2.12. The second-order valence-corrected chi connectivity index (χ2v) is 6.29. The summed E-state index contributed by atoms with van der Waals surface area (Å²) in [5.41, 5.74) is 6.94. The van der Waals surface area contributed by atoms with E-state index in [1.807, 2.05) is 19.1 Å². The number of primary amides is 1. The molecule has 0 aromatic heterocycles. The number of benzene rings is 1. The highest BCUT2D eigenvalue weighted by Crippen LogP contribution is 2.16. The number of aliphatic hydroxyl groups excluding tert-OH is 1. The van der Waals surface area contributed by atoms with Crippen LogP contribution >= 0.6 is 0 Å². The summed E-state index contributed by atoms with van der Waals surface area (Å²) in [6.45, 7) is 6.60. The number of piperidine rings is 1. The van der Waals surface area contributed by atoms with E-state index in [2.05, 4.69) is 10.2 Å². The van der Waals surface area contributed by atoms with E-state index in [9.17, 15) is 9.90 Å². The fraction of sp³-hybridized carbons (Fsp3) is 0.588. The zero-order chi connectivity index (χ0) is 15.9. The number of likely N-dealkylation sites (tertiary alicyclic amines) is 1. The summed E-state index contributed by atoms with van der Waals surface area (Å²) < 4.78 is 0. The largest absolute Gasteiger partial charge is 0.392 e.